The summed E-state index contributed by atoms with van der Waals surface area (Å²) in [6, 6.07) is 15.2. The molecule has 1 N–H and O–H groups in total. The van der Waals surface area contributed by atoms with Crippen LogP contribution in [0.25, 0.3) is 0 Å². The lowest BCUT2D eigenvalue weighted by Crippen LogP contribution is -2.37. The summed E-state index contributed by atoms with van der Waals surface area (Å²) in [6.07, 6.45) is 0. The minimum Gasteiger partial charge on any atom is -0.484 e. The summed E-state index contributed by atoms with van der Waals surface area (Å²) < 4.78 is 5.51. The number of ether oxygens (including phenoxy) is 1. The highest BCUT2D eigenvalue weighted by Crippen LogP contribution is 2.18. The summed E-state index contributed by atoms with van der Waals surface area (Å²) in [7, 11) is 1.59. The summed E-state index contributed by atoms with van der Waals surface area (Å²) in [6.45, 7) is 6.10. The molecule has 26 heavy (non-hydrogen) atoms. The Balaban J connectivity index is 1.79. The number of nitrogens with zero attached hydrogens (tertiary/aromatic N) is 1. The molecule has 0 saturated heterocycles. The Morgan fingerprint density at radius 3 is 2.23 bits per heavy atom. The standard InChI is InChI=1S/C21H26N2O3/c1-15(2)17-7-11-19(12-8-17)26-14-21(25)23(4)13-20(24)22-18-9-5-16(3)6-10-18/h5-12,15H,13-14H2,1-4H3,(H,22,24). The van der Waals surface area contributed by atoms with Crippen LogP contribution in [0.3, 0.4) is 0 Å². The molecule has 0 fully saturated rings. The second kappa shape index (κ2) is 9.04. The summed E-state index contributed by atoms with van der Waals surface area (Å²) in [5, 5.41) is 2.77. The van der Waals surface area contributed by atoms with Gasteiger partial charge in [-0.05, 0) is 42.7 Å². The highest BCUT2D eigenvalue weighted by molar-refractivity contribution is 5.94. The van der Waals surface area contributed by atoms with Crippen LogP contribution in [0, 0.1) is 6.92 Å². The van der Waals surface area contributed by atoms with Crippen molar-refractivity contribution in [3.63, 3.8) is 0 Å². The second-order valence-corrected chi connectivity index (χ2v) is 6.68. The van der Waals surface area contributed by atoms with Crippen molar-refractivity contribution in [3.05, 3.63) is 59.7 Å². The molecule has 0 bridgehead atoms. The van der Waals surface area contributed by atoms with Crippen molar-refractivity contribution >= 4 is 17.5 Å². The molecule has 0 radical (unpaired) electrons. The predicted molar refractivity (Wildman–Crippen MR) is 103 cm³/mol. The number of nitrogens with one attached hydrogen (secondary N) is 1. The van der Waals surface area contributed by atoms with Gasteiger partial charge in [-0.25, -0.2) is 0 Å². The van der Waals surface area contributed by atoms with E-state index in [-0.39, 0.29) is 25.0 Å². The topological polar surface area (TPSA) is 58.6 Å². The number of carbonyl (C=O) groups is 2. The lowest BCUT2D eigenvalue weighted by atomic mass is 10.0. The first-order valence-corrected chi connectivity index (χ1v) is 8.68. The molecule has 2 aromatic rings. The number of benzene rings is 2. The van der Waals surface area contributed by atoms with Crippen molar-refractivity contribution in [1.29, 1.82) is 0 Å². The molecule has 2 rings (SSSR count). The van der Waals surface area contributed by atoms with Crippen molar-refractivity contribution in [2.45, 2.75) is 26.7 Å². The van der Waals surface area contributed by atoms with E-state index in [0.29, 0.717) is 17.4 Å². The van der Waals surface area contributed by atoms with Crippen LogP contribution in [0.15, 0.2) is 48.5 Å². The first kappa shape index (κ1) is 19.5. The van der Waals surface area contributed by atoms with E-state index >= 15 is 0 Å². The fourth-order valence-electron chi connectivity index (χ4n) is 2.35. The maximum absolute atomic E-state index is 12.1. The van der Waals surface area contributed by atoms with Gasteiger partial charge in [0.05, 0.1) is 6.54 Å². The fraction of sp³-hybridized carbons (Fsp3) is 0.333. The van der Waals surface area contributed by atoms with E-state index in [0.717, 1.165) is 5.56 Å². The Morgan fingerprint density at radius 1 is 1.04 bits per heavy atom. The summed E-state index contributed by atoms with van der Waals surface area (Å²) in [5.41, 5.74) is 3.05. The summed E-state index contributed by atoms with van der Waals surface area (Å²) in [5.74, 6) is 0.590. The Hall–Kier alpha value is -2.82. The third kappa shape index (κ3) is 5.92. The zero-order valence-electron chi connectivity index (χ0n) is 15.8. The van der Waals surface area contributed by atoms with Gasteiger partial charge in [0.1, 0.15) is 5.75 Å². The molecule has 0 spiro atoms. The molecule has 5 nitrogen and oxygen atoms in total. The molecule has 0 aliphatic carbocycles. The predicted octanol–water partition coefficient (Wildman–Crippen LogP) is 3.59. The zero-order chi connectivity index (χ0) is 19.1. The Labute approximate surface area is 155 Å². The number of rotatable bonds is 7. The second-order valence-electron chi connectivity index (χ2n) is 6.68. The van der Waals surface area contributed by atoms with Crippen LogP contribution >= 0.6 is 0 Å². The van der Waals surface area contributed by atoms with Gasteiger partial charge in [0.2, 0.25) is 5.91 Å². The maximum atomic E-state index is 12.1. The van der Waals surface area contributed by atoms with E-state index in [1.54, 1.807) is 7.05 Å². The molecule has 0 atom stereocenters. The quantitative estimate of drug-likeness (QED) is 0.826. The average Bonchev–Trinajstić information content (AvgIpc) is 2.61. The Bertz CT molecular complexity index is 737. The van der Waals surface area contributed by atoms with E-state index in [1.807, 2.05) is 55.5 Å². The first-order chi connectivity index (χ1) is 12.3. The molecule has 5 heteroatoms. The number of amides is 2. The van der Waals surface area contributed by atoms with Crippen LogP contribution in [0.4, 0.5) is 5.69 Å². The van der Waals surface area contributed by atoms with Crippen molar-refractivity contribution in [2.24, 2.45) is 0 Å². The number of hydrogen-bond acceptors (Lipinski definition) is 3. The zero-order valence-corrected chi connectivity index (χ0v) is 15.8. The van der Waals surface area contributed by atoms with E-state index in [4.69, 9.17) is 4.74 Å². The largest absolute Gasteiger partial charge is 0.484 e. The third-order valence-electron chi connectivity index (χ3n) is 4.05. The minimum atomic E-state index is -0.253. The maximum Gasteiger partial charge on any atom is 0.260 e. The first-order valence-electron chi connectivity index (χ1n) is 8.68. The van der Waals surface area contributed by atoms with E-state index < -0.39 is 0 Å². The van der Waals surface area contributed by atoms with Gasteiger partial charge in [0.25, 0.3) is 5.91 Å². The van der Waals surface area contributed by atoms with Crippen molar-refractivity contribution in [3.8, 4) is 5.75 Å². The van der Waals surface area contributed by atoms with Crippen LogP contribution in [0.5, 0.6) is 5.75 Å². The molecule has 0 aliphatic heterocycles. The fourth-order valence-corrected chi connectivity index (χ4v) is 2.35. The molecule has 0 aliphatic rings. The van der Waals surface area contributed by atoms with Crippen LogP contribution in [0.1, 0.15) is 30.9 Å². The Morgan fingerprint density at radius 2 is 1.65 bits per heavy atom. The van der Waals surface area contributed by atoms with Gasteiger partial charge in [-0.15, -0.1) is 0 Å². The minimum absolute atomic E-state index is 0.0254. The summed E-state index contributed by atoms with van der Waals surface area (Å²) in [4.78, 5) is 25.5. The van der Waals surface area contributed by atoms with Gasteiger partial charge < -0.3 is 15.0 Å². The highest BCUT2D eigenvalue weighted by Gasteiger charge is 2.14. The van der Waals surface area contributed by atoms with Gasteiger partial charge in [0.15, 0.2) is 6.61 Å². The average molecular weight is 354 g/mol. The molecule has 2 aromatic carbocycles. The van der Waals surface area contributed by atoms with E-state index in [9.17, 15) is 9.59 Å². The van der Waals surface area contributed by atoms with Crippen molar-refractivity contribution in [2.75, 3.05) is 25.5 Å². The van der Waals surface area contributed by atoms with Crippen LogP contribution in [-0.2, 0) is 9.59 Å². The number of likely N-dealkylation sites (N-methyl/N-ethyl adjacent to an activating group) is 1. The molecule has 0 aromatic heterocycles. The lowest BCUT2D eigenvalue weighted by molar-refractivity contribution is -0.135. The number of aryl methyl sites for hydroxylation is 1. The Kier molecular flexibility index (Phi) is 6.78. The number of anilines is 1. The molecule has 138 valence electrons. The molecule has 0 unspecified atom stereocenters. The molecular weight excluding hydrogens is 328 g/mol. The van der Waals surface area contributed by atoms with Gasteiger partial charge in [-0.3, -0.25) is 9.59 Å². The SMILES string of the molecule is Cc1ccc(NC(=O)CN(C)C(=O)COc2ccc(C(C)C)cc2)cc1. The van der Waals surface area contributed by atoms with E-state index in [2.05, 4.69) is 19.2 Å². The smallest absolute Gasteiger partial charge is 0.260 e. The normalized spacial score (nSPS) is 10.5. The number of carbonyl (C=O) groups excluding carboxylic acids is 2. The van der Waals surface area contributed by atoms with Crippen molar-refractivity contribution in [1.82, 2.24) is 4.90 Å². The van der Waals surface area contributed by atoms with Crippen molar-refractivity contribution < 1.29 is 14.3 Å². The summed E-state index contributed by atoms with van der Waals surface area (Å²) >= 11 is 0. The molecule has 0 heterocycles. The van der Waals surface area contributed by atoms with Crippen LogP contribution < -0.4 is 10.1 Å². The third-order valence-corrected chi connectivity index (χ3v) is 4.05. The molecule has 2 amide bonds. The van der Waals surface area contributed by atoms with Crippen LogP contribution in [0.2, 0.25) is 0 Å². The van der Waals surface area contributed by atoms with Crippen LogP contribution in [-0.4, -0.2) is 36.9 Å². The van der Waals surface area contributed by atoms with Gasteiger partial charge in [-0.2, -0.15) is 0 Å². The molecular formula is C21H26N2O3. The van der Waals surface area contributed by atoms with Gasteiger partial charge in [0, 0.05) is 12.7 Å². The monoisotopic (exact) mass is 354 g/mol. The highest BCUT2D eigenvalue weighted by atomic mass is 16.5. The van der Waals surface area contributed by atoms with E-state index in [1.165, 1.54) is 10.5 Å². The van der Waals surface area contributed by atoms with Gasteiger partial charge in [-0.1, -0.05) is 43.7 Å². The number of hydrogen-bond donors (Lipinski definition) is 1. The lowest BCUT2D eigenvalue weighted by Gasteiger charge is -2.17. The molecule has 0 saturated carbocycles. The van der Waals surface area contributed by atoms with Gasteiger partial charge >= 0.3 is 0 Å².